The fourth-order valence-electron chi connectivity index (χ4n) is 3.62. The second kappa shape index (κ2) is 6.61. The molecule has 0 spiro atoms. The lowest BCUT2D eigenvalue weighted by Crippen LogP contribution is -2.40. The molecule has 1 aliphatic rings. The number of rotatable bonds is 3. The second-order valence-corrected chi connectivity index (χ2v) is 6.76. The molecular weight excluding hydrogens is 284 g/mol. The minimum absolute atomic E-state index is 0.258. The zero-order valence-corrected chi connectivity index (χ0v) is 14.4. The maximum atomic E-state index is 12.5. The summed E-state index contributed by atoms with van der Waals surface area (Å²) in [6.45, 7) is 8.14. The Morgan fingerprint density at radius 3 is 2.09 bits per heavy atom. The van der Waals surface area contributed by atoms with E-state index in [-0.39, 0.29) is 5.91 Å². The Morgan fingerprint density at radius 2 is 1.52 bits per heavy atom. The largest absolute Gasteiger partial charge is 0.346 e. The number of nitrogens with zero attached hydrogens (tertiary/aromatic N) is 2. The second-order valence-electron chi connectivity index (χ2n) is 6.76. The number of hydrogen-bond acceptors (Lipinski definition) is 1. The normalized spacial score (nSPS) is 15.9. The SMILES string of the molecule is Cc1ccc(CC(=O)N2CCC(n3c(C)ccc3C)CC2)cc1. The van der Waals surface area contributed by atoms with Crippen LogP contribution in [0.15, 0.2) is 36.4 Å². The first kappa shape index (κ1) is 15.9. The van der Waals surface area contributed by atoms with Gasteiger partial charge in [0.15, 0.2) is 0 Å². The van der Waals surface area contributed by atoms with E-state index in [2.05, 4.69) is 61.7 Å². The zero-order valence-electron chi connectivity index (χ0n) is 14.4. The maximum Gasteiger partial charge on any atom is 0.226 e. The van der Waals surface area contributed by atoms with Crippen LogP contribution in [0.25, 0.3) is 0 Å². The van der Waals surface area contributed by atoms with Crippen LogP contribution in [0.3, 0.4) is 0 Å². The Bertz CT molecular complexity index is 657. The van der Waals surface area contributed by atoms with E-state index in [1.54, 1.807) is 0 Å². The van der Waals surface area contributed by atoms with Crippen molar-refractivity contribution in [2.75, 3.05) is 13.1 Å². The number of carbonyl (C=O) groups is 1. The molecule has 1 aromatic heterocycles. The molecule has 122 valence electrons. The molecule has 1 fully saturated rings. The highest BCUT2D eigenvalue weighted by atomic mass is 16.2. The van der Waals surface area contributed by atoms with E-state index in [9.17, 15) is 4.79 Å². The number of benzene rings is 1. The highest BCUT2D eigenvalue weighted by Gasteiger charge is 2.24. The van der Waals surface area contributed by atoms with Crippen LogP contribution in [0, 0.1) is 20.8 Å². The van der Waals surface area contributed by atoms with E-state index in [4.69, 9.17) is 0 Å². The van der Waals surface area contributed by atoms with Gasteiger partial charge in [-0.15, -0.1) is 0 Å². The Hall–Kier alpha value is -2.03. The summed E-state index contributed by atoms with van der Waals surface area (Å²) in [7, 11) is 0. The van der Waals surface area contributed by atoms with Crippen LogP contribution in [0.2, 0.25) is 0 Å². The number of carbonyl (C=O) groups excluding carboxylic acids is 1. The minimum Gasteiger partial charge on any atom is -0.346 e. The van der Waals surface area contributed by atoms with Crippen LogP contribution in [0.1, 0.15) is 41.4 Å². The molecule has 1 aliphatic heterocycles. The summed E-state index contributed by atoms with van der Waals surface area (Å²) >= 11 is 0. The van der Waals surface area contributed by atoms with Crippen molar-refractivity contribution in [1.29, 1.82) is 0 Å². The molecule has 23 heavy (non-hydrogen) atoms. The van der Waals surface area contributed by atoms with Crippen LogP contribution in [-0.2, 0) is 11.2 Å². The number of piperidine rings is 1. The summed E-state index contributed by atoms with van der Waals surface area (Å²) < 4.78 is 2.43. The molecule has 1 aromatic carbocycles. The molecule has 1 saturated heterocycles. The summed E-state index contributed by atoms with van der Waals surface area (Å²) in [6, 6.07) is 13.2. The lowest BCUT2D eigenvalue weighted by atomic mass is 10.0. The number of aryl methyl sites for hydroxylation is 3. The van der Waals surface area contributed by atoms with E-state index in [0.29, 0.717) is 12.5 Å². The molecule has 0 saturated carbocycles. The van der Waals surface area contributed by atoms with Gasteiger partial charge in [0.1, 0.15) is 0 Å². The topological polar surface area (TPSA) is 25.2 Å². The predicted octanol–water partition coefficient (Wildman–Crippen LogP) is 3.82. The molecule has 2 heterocycles. The third-order valence-corrected chi connectivity index (χ3v) is 4.98. The van der Waals surface area contributed by atoms with Gasteiger partial charge in [0, 0.05) is 30.5 Å². The smallest absolute Gasteiger partial charge is 0.226 e. The van der Waals surface area contributed by atoms with Gasteiger partial charge in [-0.05, 0) is 51.3 Å². The van der Waals surface area contributed by atoms with Gasteiger partial charge in [-0.2, -0.15) is 0 Å². The summed E-state index contributed by atoms with van der Waals surface area (Å²) in [5, 5.41) is 0. The molecule has 0 unspecified atom stereocenters. The Balaban J connectivity index is 1.58. The third-order valence-electron chi connectivity index (χ3n) is 4.98. The monoisotopic (exact) mass is 310 g/mol. The lowest BCUT2D eigenvalue weighted by Gasteiger charge is -2.34. The molecule has 3 rings (SSSR count). The molecule has 0 aliphatic carbocycles. The van der Waals surface area contributed by atoms with Gasteiger partial charge in [0.25, 0.3) is 0 Å². The van der Waals surface area contributed by atoms with Crippen LogP contribution in [0.4, 0.5) is 0 Å². The van der Waals surface area contributed by atoms with Gasteiger partial charge in [-0.3, -0.25) is 4.79 Å². The fourth-order valence-corrected chi connectivity index (χ4v) is 3.62. The first-order valence-electron chi connectivity index (χ1n) is 8.52. The third kappa shape index (κ3) is 3.49. The van der Waals surface area contributed by atoms with Crippen LogP contribution >= 0.6 is 0 Å². The number of hydrogen-bond donors (Lipinski definition) is 0. The number of likely N-dealkylation sites (tertiary alicyclic amines) is 1. The van der Waals surface area contributed by atoms with Crippen molar-refractivity contribution in [3.8, 4) is 0 Å². The van der Waals surface area contributed by atoms with Gasteiger partial charge < -0.3 is 9.47 Å². The molecule has 2 aromatic rings. The molecule has 0 radical (unpaired) electrons. The van der Waals surface area contributed by atoms with Crippen LogP contribution in [-0.4, -0.2) is 28.5 Å². The van der Waals surface area contributed by atoms with Crippen molar-refractivity contribution in [1.82, 2.24) is 9.47 Å². The molecule has 3 heteroatoms. The zero-order chi connectivity index (χ0) is 16.4. The summed E-state index contributed by atoms with van der Waals surface area (Å²) in [5.41, 5.74) is 5.00. The van der Waals surface area contributed by atoms with Crippen molar-refractivity contribution < 1.29 is 4.79 Å². The van der Waals surface area contributed by atoms with E-state index < -0.39 is 0 Å². The summed E-state index contributed by atoms with van der Waals surface area (Å²) in [6.07, 6.45) is 2.62. The van der Waals surface area contributed by atoms with E-state index in [1.807, 2.05) is 4.90 Å². The highest BCUT2D eigenvalue weighted by molar-refractivity contribution is 5.78. The molecule has 0 bridgehead atoms. The van der Waals surface area contributed by atoms with Gasteiger partial charge >= 0.3 is 0 Å². The quantitative estimate of drug-likeness (QED) is 0.846. The standard InChI is InChI=1S/C20H26N2O/c1-15-4-8-18(9-5-15)14-20(23)21-12-10-19(11-13-21)22-16(2)6-7-17(22)3/h4-9,19H,10-14H2,1-3H3. The van der Waals surface area contributed by atoms with Gasteiger partial charge in [-0.1, -0.05) is 29.8 Å². The van der Waals surface area contributed by atoms with Crippen LogP contribution in [0.5, 0.6) is 0 Å². The number of aromatic nitrogens is 1. The van der Waals surface area contributed by atoms with E-state index in [0.717, 1.165) is 31.5 Å². The molecule has 3 nitrogen and oxygen atoms in total. The highest BCUT2D eigenvalue weighted by Crippen LogP contribution is 2.26. The van der Waals surface area contributed by atoms with Crippen LogP contribution < -0.4 is 0 Å². The van der Waals surface area contributed by atoms with Crippen molar-refractivity contribution >= 4 is 5.91 Å². The molecule has 0 atom stereocenters. The van der Waals surface area contributed by atoms with E-state index >= 15 is 0 Å². The van der Waals surface area contributed by atoms with E-state index in [1.165, 1.54) is 17.0 Å². The maximum absolute atomic E-state index is 12.5. The molecule has 0 N–H and O–H groups in total. The summed E-state index contributed by atoms with van der Waals surface area (Å²) in [5.74, 6) is 0.258. The van der Waals surface area contributed by atoms with Crippen molar-refractivity contribution in [3.63, 3.8) is 0 Å². The average Bonchev–Trinajstić information content (AvgIpc) is 2.88. The summed E-state index contributed by atoms with van der Waals surface area (Å²) in [4.78, 5) is 14.5. The minimum atomic E-state index is 0.258. The molecular formula is C20H26N2O. The average molecular weight is 310 g/mol. The van der Waals surface area contributed by atoms with Crippen molar-refractivity contribution in [2.24, 2.45) is 0 Å². The first-order chi connectivity index (χ1) is 11.0. The Labute approximate surface area is 138 Å². The van der Waals surface area contributed by atoms with Gasteiger partial charge in [0.2, 0.25) is 5.91 Å². The van der Waals surface area contributed by atoms with Gasteiger partial charge in [-0.25, -0.2) is 0 Å². The number of amides is 1. The molecule has 1 amide bonds. The first-order valence-corrected chi connectivity index (χ1v) is 8.52. The lowest BCUT2D eigenvalue weighted by molar-refractivity contribution is -0.131. The fraction of sp³-hybridized carbons (Fsp3) is 0.450. The Morgan fingerprint density at radius 1 is 0.957 bits per heavy atom. The van der Waals surface area contributed by atoms with Gasteiger partial charge in [0.05, 0.1) is 6.42 Å². The predicted molar refractivity (Wildman–Crippen MR) is 93.6 cm³/mol. The van der Waals surface area contributed by atoms with Crippen molar-refractivity contribution in [2.45, 2.75) is 46.1 Å². The Kier molecular flexibility index (Phi) is 4.56. The van der Waals surface area contributed by atoms with Crippen molar-refractivity contribution in [3.05, 3.63) is 58.9 Å².